The Hall–Kier alpha value is -3.31. The molecule has 0 spiro atoms. The molecule has 11 nitrogen and oxygen atoms in total. The van der Waals surface area contributed by atoms with Crippen LogP contribution in [-0.4, -0.2) is 86.1 Å². The zero-order valence-electron chi connectivity index (χ0n) is 40.8. The number of esters is 2. The second kappa shape index (κ2) is 36.9. The van der Waals surface area contributed by atoms with E-state index in [1.807, 2.05) is 45.4 Å². The number of furan rings is 1. The standard InChI is InChI=1S/C52H86NO10P/c1-8-10-12-13-14-15-16-17-18-19-22-25-30-35-47(54)36-31-28-34-39-51(55)59-43-48(44-61-64(57,58)60-42-41-53(5,6)7)62-52(56)40-33-27-24-21-20-23-26-32-38-50-46(4)45(3)49(63-50)37-29-11-9-2/h10,12,14-15,17-18,22,25,28,30-31,35,47-48,54H,8-9,11,13,16,19-21,23-24,26-27,29,32-34,36-44H2,1-7H3/p+1/b12-10-,15-14-,18-17-,25-22-,31-28-,35-30-/t47?,48-/m1/s1. The second-order valence-corrected chi connectivity index (χ2v) is 19.0. The second-order valence-electron chi connectivity index (χ2n) is 17.5. The third-order valence-corrected chi connectivity index (χ3v) is 11.5. The molecular weight excluding hydrogens is 830 g/mol. The molecule has 2 N–H and O–H groups in total. The molecule has 0 saturated carbocycles. The summed E-state index contributed by atoms with van der Waals surface area (Å²) in [4.78, 5) is 35.6. The van der Waals surface area contributed by atoms with Gasteiger partial charge in [-0.3, -0.25) is 18.6 Å². The number of phosphoric acid groups is 1. The predicted octanol–water partition coefficient (Wildman–Crippen LogP) is 12.4. The SMILES string of the molecule is CC/C=C\C/C=C\C/C=C\C/C=C\C=C/C(O)C/C=C\CCC(=O)OC[C@H](COP(=O)(O)OCC[N+](C)(C)C)OC(=O)CCCCCCCCCCc1oc(CCCCC)c(C)c1C. The van der Waals surface area contributed by atoms with Crippen molar-refractivity contribution in [1.82, 2.24) is 0 Å². The number of unbranched alkanes of at least 4 members (excludes halogenated alkanes) is 9. The lowest BCUT2D eigenvalue weighted by atomic mass is 10.0. The van der Waals surface area contributed by atoms with Crippen molar-refractivity contribution in [3.8, 4) is 0 Å². The summed E-state index contributed by atoms with van der Waals surface area (Å²) >= 11 is 0. The van der Waals surface area contributed by atoms with Gasteiger partial charge in [0.2, 0.25) is 0 Å². The molecule has 0 aliphatic carbocycles. The van der Waals surface area contributed by atoms with Crippen LogP contribution in [0.4, 0.5) is 0 Å². The van der Waals surface area contributed by atoms with Crippen molar-refractivity contribution in [2.24, 2.45) is 0 Å². The van der Waals surface area contributed by atoms with Crippen LogP contribution in [0.1, 0.15) is 158 Å². The van der Waals surface area contributed by atoms with E-state index in [9.17, 15) is 24.2 Å². The van der Waals surface area contributed by atoms with Crippen molar-refractivity contribution in [1.29, 1.82) is 0 Å². The van der Waals surface area contributed by atoms with E-state index in [4.69, 9.17) is 22.9 Å². The Labute approximate surface area is 387 Å². The fraction of sp³-hybridized carbons (Fsp3) is 0.654. The quantitative estimate of drug-likeness (QED) is 0.0164. The van der Waals surface area contributed by atoms with E-state index in [-0.39, 0.29) is 26.1 Å². The molecule has 0 fully saturated rings. The molecule has 1 heterocycles. The van der Waals surface area contributed by atoms with Crippen LogP contribution in [0.25, 0.3) is 0 Å². The number of quaternary nitrogens is 1. The van der Waals surface area contributed by atoms with Crippen molar-refractivity contribution in [2.75, 3.05) is 47.5 Å². The first-order chi connectivity index (χ1) is 30.7. The molecular formula is C52H87NO10P+. The maximum atomic E-state index is 12.8. The van der Waals surface area contributed by atoms with Gasteiger partial charge in [-0.05, 0) is 82.8 Å². The fourth-order valence-electron chi connectivity index (χ4n) is 6.48. The van der Waals surface area contributed by atoms with Gasteiger partial charge in [0.05, 0.1) is 33.9 Å². The van der Waals surface area contributed by atoms with Gasteiger partial charge in [-0.25, -0.2) is 4.57 Å². The molecule has 1 aromatic rings. The molecule has 1 aromatic heterocycles. The Morgan fingerprint density at radius 2 is 1.27 bits per heavy atom. The monoisotopic (exact) mass is 917 g/mol. The number of rotatable bonds is 39. The van der Waals surface area contributed by atoms with Gasteiger partial charge in [0, 0.05) is 25.7 Å². The average Bonchev–Trinajstić information content (AvgIpc) is 3.51. The van der Waals surface area contributed by atoms with Crippen LogP contribution in [0.3, 0.4) is 0 Å². The number of carbonyl (C=O) groups is 2. The first kappa shape index (κ1) is 58.7. The minimum absolute atomic E-state index is 0.00672. The Balaban J connectivity index is 2.43. The van der Waals surface area contributed by atoms with Crippen LogP contribution in [0.2, 0.25) is 0 Å². The lowest BCUT2D eigenvalue weighted by Crippen LogP contribution is -2.37. The van der Waals surface area contributed by atoms with E-state index in [1.54, 1.807) is 12.2 Å². The highest BCUT2D eigenvalue weighted by Crippen LogP contribution is 2.43. The summed E-state index contributed by atoms with van der Waals surface area (Å²) in [6, 6.07) is 0. The zero-order valence-corrected chi connectivity index (χ0v) is 41.7. The molecule has 0 aliphatic heterocycles. The minimum atomic E-state index is -4.44. The van der Waals surface area contributed by atoms with E-state index in [0.29, 0.717) is 30.3 Å². The van der Waals surface area contributed by atoms with Crippen molar-refractivity contribution in [3.63, 3.8) is 0 Å². The maximum Gasteiger partial charge on any atom is 0.472 e. The van der Waals surface area contributed by atoms with Gasteiger partial charge in [-0.2, -0.15) is 0 Å². The Bertz CT molecular complexity index is 1620. The van der Waals surface area contributed by atoms with Crippen molar-refractivity contribution in [3.05, 3.63) is 95.6 Å². The van der Waals surface area contributed by atoms with Crippen molar-refractivity contribution >= 4 is 19.8 Å². The Morgan fingerprint density at radius 1 is 0.688 bits per heavy atom. The molecule has 0 aromatic carbocycles. The van der Waals surface area contributed by atoms with Crippen LogP contribution in [-0.2, 0) is 45.5 Å². The number of ether oxygens (including phenoxy) is 2. The lowest BCUT2D eigenvalue weighted by molar-refractivity contribution is -0.870. The number of aliphatic hydroxyl groups excluding tert-OH is 1. The van der Waals surface area contributed by atoms with Gasteiger partial charge in [-0.1, -0.05) is 138 Å². The zero-order chi connectivity index (χ0) is 47.3. The number of allylic oxidation sites excluding steroid dienone is 10. The summed E-state index contributed by atoms with van der Waals surface area (Å²) in [5.41, 5.74) is 2.63. The minimum Gasteiger partial charge on any atom is -0.466 e. The first-order valence-corrected chi connectivity index (χ1v) is 25.6. The van der Waals surface area contributed by atoms with E-state index in [0.717, 1.165) is 82.1 Å². The molecule has 12 heteroatoms. The first-order valence-electron chi connectivity index (χ1n) is 24.1. The molecule has 0 amide bonds. The van der Waals surface area contributed by atoms with Crippen LogP contribution < -0.4 is 0 Å². The summed E-state index contributed by atoms with van der Waals surface area (Å²) < 4.78 is 40.5. The number of likely N-dealkylation sites (N-methyl/N-ethyl adjacent to an activating group) is 1. The number of aliphatic hydroxyl groups is 1. The number of aryl methyl sites for hydroxylation is 2. The van der Waals surface area contributed by atoms with Gasteiger partial charge in [-0.15, -0.1) is 0 Å². The van der Waals surface area contributed by atoms with Crippen LogP contribution in [0, 0.1) is 13.8 Å². The topological polar surface area (TPSA) is 142 Å². The molecule has 0 aliphatic rings. The summed E-state index contributed by atoms with van der Waals surface area (Å²) in [6.07, 6.45) is 41.0. The van der Waals surface area contributed by atoms with Gasteiger partial charge in [0.25, 0.3) is 0 Å². The summed E-state index contributed by atoms with van der Waals surface area (Å²) in [5, 5.41) is 10.2. The fourth-order valence-corrected chi connectivity index (χ4v) is 7.22. The highest BCUT2D eigenvalue weighted by molar-refractivity contribution is 7.47. The third-order valence-electron chi connectivity index (χ3n) is 10.5. The van der Waals surface area contributed by atoms with Crippen LogP contribution in [0.15, 0.2) is 77.3 Å². The molecule has 3 atom stereocenters. The van der Waals surface area contributed by atoms with Gasteiger partial charge >= 0.3 is 19.8 Å². The van der Waals surface area contributed by atoms with Crippen molar-refractivity contribution in [2.45, 2.75) is 175 Å². The normalized spacial score (nSPS) is 14.6. The lowest BCUT2D eigenvalue weighted by Gasteiger charge is -2.24. The summed E-state index contributed by atoms with van der Waals surface area (Å²) in [7, 11) is 1.35. The molecule has 2 unspecified atom stereocenters. The van der Waals surface area contributed by atoms with Gasteiger partial charge in [0.1, 0.15) is 31.3 Å². The average molecular weight is 917 g/mol. The van der Waals surface area contributed by atoms with Gasteiger partial charge in [0.15, 0.2) is 6.10 Å². The smallest absolute Gasteiger partial charge is 0.466 e. The molecule has 64 heavy (non-hydrogen) atoms. The Kier molecular flexibility index (Phi) is 33.8. The number of hydrogen-bond donors (Lipinski definition) is 2. The highest BCUT2D eigenvalue weighted by Gasteiger charge is 2.27. The molecule has 0 saturated heterocycles. The number of carbonyl (C=O) groups excluding carboxylic acids is 2. The summed E-state index contributed by atoms with van der Waals surface area (Å²) in [5.74, 6) is 1.31. The molecule has 364 valence electrons. The Morgan fingerprint density at radius 3 is 1.88 bits per heavy atom. The number of hydrogen-bond acceptors (Lipinski definition) is 9. The summed E-state index contributed by atoms with van der Waals surface area (Å²) in [6.45, 7) is 8.38. The number of phosphoric ester groups is 1. The third kappa shape index (κ3) is 33.2. The highest BCUT2D eigenvalue weighted by atomic mass is 31.2. The van der Waals surface area contributed by atoms with Crippen molar-refractivity contribution < 1.29 is 51.6 Å². The van der Waals surface area contributed by atoms with E-state index in [1.165, 1.54) is 43.2 Å². The van der Waals surface area contributed by atoms with E-state index < -0.39 is 38.6 Å². The van der Waals surface area contributed by atoms with E-state index >= 15 is 0 Å². The van der Waals surface area contributed by atoms with E-state index in [2.05, 4.69) is 64.2 Å². The molecule has 0 radical (unpaired) electrons. The van der Waals surface area contributed by atoms with Crippen LogP contribution >= 0.6 is 7.82 Å². The predicted molar refractivity (Wildman–Crippen MR) is 261 cm³/mol. The largest absolute Gasteiger partial charge is 0.472 e. The molecule has 1 rings (SSSR count). The van der Waals surface area contributed by atoms with Gasteiger partial charge < -0.3 is 28.4 Å². The molecule has 0 bridgehead atoms. The number of nitrogens with zero attached hydrogens (tertiary/aromatic N) is 1. The van der Waals surface area contributed by atoms with Crippen LogP contribution in [0.5, 0.6) is 0 Å². The maximum absolute atomic E-state index is 12.8.